The second kappa shape index (κ2) is 3.24. The molecule has 2 aliphatic heterocycles. The highest BCUT2D eigenvalue weighted by Crippen LogP contribution is 2.37. The summed E-state index contributed by atoms with van der Waals surface area (Å²) < 4.78 is 0. The number of nitrogens with zero attached hydrogens (tertiary/aromatic N) is 1. The largest absolute Gasteiger partial charge is 0.366 e. The van der Waals surface area contributed by atoms with Crippen LogP contribution in [-0.4, -0.2) is 18.6 Å². The van der Waals surface area contributed by atoms with Gasteiger partial charge < -0.3 is 10.6 Å². The summed E-state index contributed by atoms with van der Waals surface area (Å²) in [6.45, 7) is 3.26. The van der Waals surface area contributed by atoms with Gasteiger partial charge in [-0.3, -0.25) is 0 Å². The molecule has 0 spiro atoms. The Hall–Kier alpha value is -1.02. The zero-order valence-corrected chi connectivity index (χ0v) is 9.24. The van der Waals surface area contributed by atoms with Gasteiger partial charge >= 0.3 is 0 Å². The number of hydrogen-bond acceptors (Lipinski definition) is 2. The van der Waals surface area contributed by atoms with Crippen molar-refractivity contribution < 1.29 is 0 Å². The van der Waals surface area contributed by atoms with Gasteiger partial charge in [-0.1, -0.05) is 18.2 Å². The van der Waals surface area contributed by atoms with Crippen LogP contribution in [-0.2, 0) is 6.42 Å². The van der Waals surface area contributed by atoms with E-state index in [1.807, 2.05) is 0 Å². The number of hydrogen-bond donors (Lipinski definition) is 1. The summed E-state index contributed by atoms with van der Waals surface area (Å²) in [5.41, 5.74) is 10.5. The van der Waals surface area contributed by atoms with Gasteiger partial charge in [0.15, 0.2) is 0 Å². The van der Waals surface area contributed by atoms with E-state index in [1.54, 1.807) is 0 Å². The van der Waals surface area contributed by atoms with Crippen LogP contribution < -0.4 is 10.6 Å². The van der Waals surface area contributed by atoms with E-state index in [1.165, 1.54) is 36.1 Å². The Kier molecular flexibility index (Phi) is 1.99. The van der Waals surface area contributed by atoms with Crippen molar-refractivity contribution in [2.45, 2.75) is 38.3 Å². The molecule has 0 amide bonds. The zero-order valence-electron chi connectivity index (χ0n) is 9.24. The molecular formula is C13H18N2. The molecule has 2 nitrogen and oxygen atoms in total. The number of aryl methyl sites for hydroxylation is 2. The molecule has 80 valence electrons. The first kappa shape index (κ1) is 9.22. The van der Waals surface area contributed by atoms with E-state index in [4.69, 9.17) is 5.73 Å². The van der Waals surface area contributed by atoms with E-state index < -0.39 is 0 Å². The molecule has 3 rings (SSSR count). The molecule has 2 aliphatic rings. The quantitative estimate of drug-likeness (QED) is 0.695. The predicted molar refractivity (Wildman–Crippen MR) is 63.2 cm³/mol. The van der Waals surface area contributed by atoms with Crippen LogP contribution in [0.3, 0.4) is 0 Å². The Morgan fingerprint density at radius 2 is 2.27 bits per heavy atom. The van der Waals surface area contributed by atoms with E-state index in [0.717, 1.165) is 6.54 Å². The summed E-state index contributed by atoms with van der Waals surface area (Å²) in [5, 5.41) is 0. The second-order valence-corrected chi connectivity index (χ2v) is 4.92. The van der Waals surface area contributed by atoms with E-state index >= 15 is 0 Å². The van der Waals surface area contributed by atoms with Gasteiger partial charge in [0.2, 0.25) is 0 Å². The molecular weight excluding hydrogens is 184 g/mol. The molecule has 1 aromatic carbocycles. The van der Waals surface area contributed by atoms with Gasteiger partial charge in [0.1, 0.15) is 0 Å². The molecule has 2 N–H and O–H groups in total. The van der Waals surface area contributed by atoms with Crippen LogP contribution in [0.25, 0.3) is 0 Å². The molecule has 1 fully saturated rings. The maximum absolute atomic E-state index is 6.06. The number of nitrogens with two attached hydrogens (primary N) is 1. The summed E-state index contributed by atoms with van der Waals surface area (Å²) in [6.07, 6.45) is 3.68. The molecule has 0 aromatic heterocycles. The first-order valence-corrected chi connectivity index (χ1v) is 5.86. The van der Waals surface area contributed by atoms with Crippen LogP contribution in [0.1, 0.15) is 24.0 Å². The molecule has 2 heterocycles. The maximum Gasteiger partial charge on any atom is 0.0431 e. The van der Waals surface area contributed by atoms with Crippen molar-refractivity contribution in [3.63, 3.8) is 0 Å². The van der Waals surface area contributed by atoms with Gasteiger partial charge in [0.25, 0.3) is 0 Å². The Morgan fingerprint density at radius 1 is 1.40 bits per heavy atom. The molecule has 1 saturated heterocycles. The highest BCUT2D eigenvalue weighted by molar-refractivity contribution is 5.62. The van der Waals surface area contributed by atoms with Crippen molar-refractivity contribution in [3.05, 3.63) is 29.3 Å². The predicted octanol–water partition coefficient (Wildman–Crippen LogP) is 1.85. The average Bonchev–Trinajstić information content (AvgIpc) is 2.58. The smallest absolute Gasteiger partial charge is 0.0431 e. The number of para-hydroxylation sites is 1. The summed E-state index contributed by atoms with van der Waals surface area (Å²) in [4.78, 5) is 2.54. The molecule has 1 aromatic rings. The Labute approximate surface area is 91.1 Å². The third-order valence-corrected chi connectivity index (χ3v) is 3.80. The van der Waals surface area contributed by atoms with Crippen LogP contribution in [0.4, 0.5) is 5.69 Å². The minimum atomic E-state index is 0.376. The molecule has 2 atom stereocenters. The van der Waals surface area contributed by atoms with Gasteiger partial charge in [-0.25, -0.2) is 0 Å². The van der Waals surface area contributed by atoms with Crippen LogP contribution in [0.2, 0.25) is 0 Å². The summed E-state index contributed by atoms with van der Waals surface area (Å²) in [6, 6.07) is 7.73. The lowest BCUT2D eigenvalue weighted by atomic mass is 9.94. The summed E-state index contributed by atoms with van der Waals surface area (Å²) >= 11 is 0. The number of benzene rings is 1. The lowest BCUT2D eigenvalue weighted by molar-refractivity contribution is 0.574. The van der Waals surface area contributed by atoms with Crippen molar-refractivity contribution in [2.24, 2.45) is 5.73 Å². The van der Waals surface area contributed by atoms with Crippen LogP contribution in [0.5, 0.6) is 0 Å². The monoisotopic (exact) mass is 202 g/mol. The highest BCUT2D eigenvalue weighted by Gasteiger charge is 2.34. The molecule has 15 heavy (non-hydrogen) atoms. The number of fused-ring (bicyclic) bond motifs is 3. The lowest BCUT2D eigenvalue weighted by Crippen LogP contribution is -2.35. The summed E-state index contributed by atoms with van der Waals surface area (Å²) in [5.74, 6) is 0. The third kappa shape index (κ3) is 1.36. The molecule has 2 heteroatoms. The molecule has 0 bridgehead atoms. The highest BCUT2D eigenvalue weighted by atomic mass is 15.2. The maximum atomic E-state index is 6.06. The number of anilines is 1. The van der Waals surface area contributed by atoms with Crippen molar-refractivity contribution in [1.29, 1.82) is 0 Å². The summed E-state index contributed by atoms with van der Waals surface area (Å²) in [7, 11) is 0. The first-order valence-electron chi connectivity index (χ1n) is 5.86. The van der Waals surface area contributed by atoms with Gasteiger partial charge in [-0.2, -0.15) is 0 Å². The van der Waals surface area contributed by atoms with E-state index in [0.29, 0.717) is 12.1 Å². The van der Waals surface area contributed by atoms with Crippen LogP contribution in [0, 0.1) is 6.92 Å². The molecule has 0 aliphatic carbocycles. The van der Waals surface area contributed by atoms with Gasteiger partial charge in [0, 0.05) is 24.3 Å². The van der Waals surface area contributed by atoms with Crippen LogP contribution >= 0.6 is 0 Å². The standard InChI is InChI=1S/C13H18N2/c1-9-3-2-4-10-5-6-12-7-11(14)8-15(12)13(9)10/h2-4,11-12H,5-8,14H2,1H3. The topological polar surface area (TPSA) is 29.3 Å². The van der Waals surface area contributed by atoms with Gasteiger partial charge in [-0.15, -0.1) is 0 Å². The van der Waals surface area contributed by atoms with Gasteiger partial charge in [0.05, 0.1) is 0 Å². The fourth-order valence-corrected chi connectivity index (χ4v) is 3.16. The molecule has 0 radical (unpaired) electrons. The van der Waals surface area contributed by atoms with Crippen molar-refractivity contribution in [2.75, 3.05) is 11.4 Å². The third-order valence-electron chi connectivity index (χ3n) is 3.80. The van der Waals surface area contributed by atoms with Crippen molar-refractivity contribution in [3.8, 4) is 0 Å². The molecule has 0 saturated carbocycles. The van der Waals surface area contributed by atoms with E-state index in [-0.39, 0.29) is 0 Å². The second-order valence-electron chi connectivity index (χ2n) is 4.92. The Bertz CT molecular complexity index is 386. The first-order chi connectivity index (χ1) is 7.25. The van der Waals surface area contributed by atoms with E-state index in [2.05, 4.69) is 30.0 Å². The average molecular weight is 202 g/mol. The lowest BCUT2D eigenvalue weighted by Gasteiger charge is -2.34. The minimum absolute atomic E-state index is 0.376. The van der Waals surface area contributed by atoms with E-state index in [9.17, 15) is 0 Å². The van der Waals surface area contributed by atoms with Gasteiger partial charge in [-0.05, 0) is 37.3 Å². The Morgan fingerprint density at radius 3 is 3.13 bits per heavy atom. The van der Waals surface area contributed by atoms with Crippen LogP contribution in [0.15, 0.2) is 18.2 Å². The fourth-order valence-electron chi connectivity index (χ4n) is 3.16. The minimum Gasteiger partial charge on any atom is -0.366 e. The Balaban J connectivity index is 2.07. The van der Waals surface area contributed by atoms with Crippen molar-refractivity contribution in [1.82, 2.24) is 0 Å². The van der Waals surface area contributed by atoms with Crippen molar-refractivity contribution >= 4 is 5.69 Å². The zero-order chi connectivity index (χ0) is 10.4. The number of rotatable bonds is 0. The SMILES string of the molecule is Cc1cccc2c1N1CC(N)CC1CC2. The fraction of sp³-hybridized carbons (Fsp3) is 0.538. The normalized spacial score (nSPS) is 28.8. The molecule has 2 unspecified atom stereocenters.